The zero-order valence-electron chi connectivity index (χ0n) is 12.4. The number of nitrogens with one attached hydrogen (secondary N) is 1. The van der Waals surface area contributed by atoms with E-state index in [-0.39, 0.29) is 0 Å². The highest BCUT2D eigenvalue weighted by Crippen LogP contribution is 2.29. The third kappa shape index (κ3) is 3.48. The number of rotatable bonds is 4. The number of anilines is 1. The van der Waals surface area contributed by atoms with E-state index in [4.69, 9.17) is 4.74 Å². The van der Waals surface area contributed by atoms with Gasteiger partial charge in [-0.1, -0.05) is 12.5 Å². The average Bonchev–Trinajstić information content (AvgIpc) is 3.03. The van der Waals surface area contributed by atoms with Gasteiger partial charge >= 0.3 is 5.97 Å². The van der Waals surface area contributed by atoms with Gasteiger partial charge in [-0.2, -0.15) is 8.75 Å². The molecule has 1 aliphatic rings. The number of nitrogens with zero attached hydrogens (tertiary/aromatic N) is 2. The van der Waals surface area contributed by atoms with E-state index in [0.29, 0.717) is 29.6 Å². The maximum absolute atomic E-state index is 12.0. The minimum Gasteiger partial charge on any atom is -0.453 e. The third-order valence-electron chi connectivity index (χ3n) is 3.96. The van der Waals surface area contributed by atoms with Gasteiger partial charge in [0.2, 0.25) is 0 Å². The van der Waals surface area contributed by atoms with Crippen LogP contribution in [0.4, 0.5) is 5.69 Å². The van der Waals surface area contributed by atoms with Crippen molar-refractivity contribution < 1.29 is 19.4 Å². The molecule has 8 heteroatoms. The number of aromatic nitrogens is 2. The fourth-order valence-corrected chi connectivity index (χ4v) is 3.25. The summed E-state index contributed by atoms with van der Waals surface area (Å²) in [6, 6.07) is 5.27. The van der Waals surface area contributed by atoms with Crippen molar-refractivity contribution in [3.05, 3.63) is 18.2 Å². The van der Waals surface area contributed by atoms with E-state index in [9.17, 15) is 14.7 Å². The van der Waals surface area contributed by atoms with Crippen molar-refractivity contribution >= 4 is 40.3 Å². The highest BCUT2D eigenvalue weighted by atomic mass is 32.1. The summed E-state index contributed by atoms with van der Waals surface area (Å²) < 4.78 is 13.2. The molecule has 3 rings (SSSR count). The lowest BCUT2D eigenvalue weighted by molar-refractivity contribution is -0.170. The van der Waals surface area contributed by atoms with Gasteiger partial charge < -0.3 is 15.2 Å². The Morgan fingerprint density at radius 3 is 2.83 bits per heavy atom. The molecule has 1 heterocycles. The molecule has 1 amide bonds. The molecule has 23 heavy (non-hydrogen) atoms. The topological polar surface area (TPSA) is 101 Å². The Labute approximate surface area is 137 Å². The molecule has 122 valence electrons. The van der Waals surface area contributed by atoms with Gasteiger partial charge in [-0.05, 0) is 37.8 Å². The molecule has 0 atom stereocenters. The molecule has 0 spiro atoms. The van der Waals surface area contributed by atoms with Gasteiger partial charge in [-0.25, -0.2) is 4.79 Å². The molecular weight excluding hydrogens is 318 g/mol. The molecule has 1 aliphatic carbocycles. The number of ether oxygens (including phenoxy) is 1. The van der Waals surface area contributed by atoms with Crippen molar-refractivity contribution in [3.63, 3.8) is 0 Å². The van der Waals surface area contributed by atoms with Crippen molar-refractivity contribution in [1.29, 1.82) is 0 Å². The summed E-state index contributed by atoms with van der Waals surface area (Å²) in [4.78, 5) is 23.9. The standard InChI is InChI=1S/C15H17N3O4S/c19-12(9-22-14(20)15(21)7-2-1-3-8-15)16-10-5-4-6-11-13(10)18-23-17-11/h4-6,21H,1-3,7-9H2,(H,16,19). The number of amides is 1. The van der Waals surface area contributed by atoms with Gasteiger partial charge in [0, 0.05) is 0 Å². The molecule has 1 aromatic carbocycles. The minimum atomic E-state index is -1.45. The predicted octanol–water partition coefficient (Wildman–Crippen LogP) is 1.87. The molecule has 0 radical (unpaired) electrons. The van der Waals surface area contributed by atoms with E-state index in [2.05, 4.69) is 14.1 Å². The van der Waals surface area contributed by atoms with Crippen molar-refractivity contribution in [2.24, 2.45) is 0 Å². The first kappa shape index (κ1) is 15.8. The van der Waals surface area contributed by atoms with E-state index in [1.165, 1.54) is 0 Å². The molecule has 2 N–H and O–H groups in total. The summed E-state index contributed by atoms with van der Waals surface area (Å²) in [7, 11) is 0. The summed E-state index contributed by atoms with van der Waals surface area (Å²) in [6.45, 7) is -0.435. The Morgan fingerprint density at radius 2 is 2.04 bits per heavy atom. The molecule has 1 aromatic heterocycles. The van der Waals surface area contributed by atoms with Gasteiger partial charge in [0.05, 0.1) is 17.4 Å². The van der Waals surface area contributed by atoms with E-state index in [1.807, 2.05) is 0 Å². The third-order valence-corrected chi connectivity index (χ3v) is 4.50. The first-order valence-electron chi connectivity index (χ1n) is 7.49. The van der Waals surface area contributed by atoms with Crippen LogP contribution < -0.4 is 5.32 Å². The quantitative estimate of drug-likeness (QED) is 0.827. The zero-order valence-corrected chi connectivity index (χ0v) is 13.3. The van der Waals surface area contributed by atoms with E-state index in [0.717, 1.165) is 31.0 Å². The van der Waals surface area contributed by atoms with Gasteiger partial charge in [-0.3, -0.25) is 4.79 Å². The number of hydrogen-bond acceptors (Lipinski definition) is 7. The number of hydrogen-bond donors (Lipinski definition) is 2. The zero-order chi connectivity index (χ0) is 16.3. The number of esters is 1. The molecule has 1 fully saturated rings. The van der Waals surface area contributed by atoms with Crippen molar-refractivity contribution in [1.82, 2.24) is 8.75 Å². The lowest BCUT2D eigenvalue weighted by Gasteiger charge is -2.29. The van der Waals surface area contributed by atoms with Gasteiger partial charge in [0.25, 0.3) is 5.91 Å². The Kier molecular flexibility index (Phi) is 4.53. The molecule has 1 saturated carbocycles. The molecule has 0 bridgehead atoms. The molecular formula is C15H17N3O4S. The summed E-state index contributed by atoms with van der Waals surface area (Å²) in [5, 5.41) is 12.9. The van der Waals surface area contributed by atoms with E-state index in [1.54, 1.807) is 18.2 Å². The fourth-order valence-electron chi connectivity index (χ4n) is 2.70. The molecule has 0 aliphatic heterocycles. The smallest absolute Gasteiger partial charge is 0.338 e. The largest absolute Gasteiger partial charge is 0.453 e. The van der Waals surface area contributed by atoms with Crippen LogP contribution in [0.2, 0.25) is 0 Å². The number of fused-ring (bicyclic) bond motifs is 1. The van der Waals surface area contributed by atoms with E-state index < -0.39 is 24.1 Å². The van der Waals surface area contributed by atoms with Crippen LogP contribution in [0.25, 0.3) is 11.0 Å². The fraction of sp³-hybridized carbons (Fsp3) is 0.467. The van der Waals surface area contributed by atoms with Crippen molar-refractivity contribution in [2.75, 3.05) is 11.9 Å². The van der Waals surface area contributed by atoms with Crippen LogP contribution in [-0.4, -0.2) is 37.9 Å². The summed E-state index contributed by atoms with van der Waals surface area (Å²) in [6.07, 6.45) is 3.35. The molecule has 0 unspecified atom stereocenters. The second kappa shape index (κ2) is 6.59. The van der Waals surface area contributed by atoms with Gasteiger partial charge in [-0.15, -0.1) is 0 Å². The van der Waals surface area contributed by atoms with Crippen LogP contribution in [0.1, 0.15) is 32.1 Å². The van der Waals surface area contributed by atoms with Crippen LogP contribution in [0, 0.1) is 0 Å². The molecule has 2 aromatic rings. The molecule has 0 saturated heterocycles. The Bertz CT molecular complexity index is 724. The van der Waals surface area contributed by atoms with Crippen molar-refractivity contribution in [3.8, 4) is 0 Å². The van der Waals surface area contributed by atoms with E-state index >= 15 is 0 Å². The highest BCUT2D eigenvalue weighted by molar-refractivity contribution is 7.00. The first-order valence-corrected chi connectivity index (χ1v) is 8.22. The maximum Gasteiger partial charge on any atom is 0.338 e. The van der Waals surface area contributed by atoms with Gasteiger partial charge in [0.1, 0.15) is 11.0 Å². The van der Waals surface area contributed by atoms with Crippen molar-refractivity contribution in [2.45, 2.75) is 37.7 Å². The average molecular weight is 335 g/mol. The van der Waals surface area contributed by atoms with Crippen LogP contribution in [-0.2, 0) is 14.3 Å². The lowest BCUT2D eigenvalue weighted by atomic mass is 9.85. The Hall–Kier alpha value is -2.06. The van der Waals surface area contributed by atoms with Crippen LogP contribution >= 0.6 is 11.7 Å². The monoisotopic (exact) mass is 335 g/mol. The number of benzene rings is 1. The normalized spacial score (nSPS) is 16.9. The van der Waals surface area contributed by atoms with Crippen LogP contribution in [0.5, 0.6) is 0 Å². The second-order valence-corrected chi connectivity index (χ2v) is 6.18. The number of carbonyl (C=O) groups is 2. The molecule has 7 nitrogen and oxygen atoms in total. The maximum atomic E-state index is 12.0. The number of aliphatic hydroxyl groups is 1. The van der Waals surface area contributed by atoms with Crippen LogP contribution in [0.3, 0.4) is 0 Å². The predicted molar refractivity (Wildman–Crippen MR) is 85.0 cm³/mol. The first-order chi connectivity index (χ1) is 11.1. The minimum absolute atomic E-state index is 0.386. The number of carbonyl (C=O) groups excluding carboxylic acids is 2. The SMILES string of the molecule is O=C(COC(=O)C1(O)CCCCC1)Nc1cccc2nsnc12. The second-order valence-electron chi connectivity index (χ2n) is 5.65. The van der Waals surface area contributed by atoms with Gasteiger partial charge in [0.15, 0.2) is 12.2 Å². The Balaban J connectivity index is 1.57. The van der Waals surface area contributed by atoms with Crippen LogP contribution in [0.15, 0.2) is 18.2 Å². The summed E-state index contributed by atoms with van der Waals surface area (Å²) in [5.41, 5.74) is 0.371. The summed E-state index contributed by atoms with van der Waals surface area (Å²) >= 11 is 1.06. The highest BCUT2D eigenvalue weighted by Gasteiger charge is 2.38. The lowest BCUT2D eigenvalue weighted by Crippen LogP contribution is -2.42. The summed E-state index contributed by atoms with van der Waals surface area (Å²) in [5.74, 6) is -1.20. The Morgan fingerprint density at radius 1 is 1.26 bits per heavy atom.